The molecule has 0 aliphatic carbocycles. The van der Waals surface area contributed by atoms with Crippen LogP contribution >= 0.6 is 23.4 Å². The maximum absolute atomic E-state index is 9.43. The fourth-order valence-electron chi connectivity index (χ4n) is 2.12. The molecule has 0 amide bonds. The van der Waals surface area contributed by atoms with E-state index in [1.807, 2.05) is 66.7 Å². The van der Waals surface area contributed by atoms with Gasteiger partial charge in [0.2, 0.25) is 0 Å². The second-order valence-electron chi connectivity index (χ2n) is 4.83. The quantitative estimate of drug-likeness (QED) is 0.676. The molecule has 1 heterocycles. The van der Waals surface area contributed by atoms with Crippen molar-refractivity contribution < 1.29 is 0 Å². The van der Waals surface area contributed by atoms with Gasteiger partial charge in [-0.15, -0.1) is 5.10 Å². The van der Waals surface area contributed by atoms with Crippen LogP contribution in [0.2, 0.25) is 5.02 Å². The maximum Gasteiger partial charge on any atom is 0.124 e. The number of hydrogen-bond donors (Lipinski definition) is 0. The predicted octanol–water partition coefficient (Wildman–Crippen LogP) is 4.94. The molecule has 3 nitrogen and oxygen atoms in total. The summed E-state index contributed by atoms with van der Waals surface area (Å²) in [5.74, 6) is -0.404. The van der Waals surface area contributed by atoms with Crippen LogP contribution < -0.4 is 0 Å². The van der Waals surface area contributed by atoms with Gasteiger partial charge in [0, 0.05) is 9.92 Å². The summed E-state index contributed by atoms with van der Waals surface area (Å²) in [6.07, 6.45) is 0. The Morgan fingerprint density at radius 1 is 0.913 bits per heavy atom. The van der Waals surface area contributed by atoms with Gasteiger partial charge in [0.15, 0.2) is 0 Å². The third-order valence-corrected chi connectivity index (χ3v) is 4.44. The Morgan fingerprint density at radius 2 is 1.65 bits per heavy atom. The van der Waals surface area contributed by atoms with E-state index in [1.54, 1.807) is 0 Å². The highest BCUT2D eigenvalue weighted by Gasteiger charge is 2.15. The molecule has 0 unspecified atom stereocenters. The fourth-order valence-corrected chi connectivity index (χ4v) is 2.98. The number of nitrogens with zero attached hydrogens (tertiary/aromatic N) is 3. The third kappa shape index (κ3) is 3.89. The highest BCUT2D eigenvalue weighted by Crippen LogP contribution is 2.28. The first-order valence-electron chi connectivity index (χ1n) is 6.98. The van der Waals surface area contributed by atoms with Crippen molar-refractivity contribution in [1.82, 2.24) is 10.2 Å². The number of halogens is 1. The topological polar surface area (TPSA) is 49.6 Å². The van der Waals surface area contributed by atoms with Crippen LogP contribution in [0, 0.1) is 11.3 Å². The zero-order chi connectivity index (χ0) is 16.1. The minimum absolute atomic E-state index is 0.404. The first-order chi connectivity index (χ1) is 11.3. The van der Waals surface area contributed by atoms with Crippen molar-refractivity contribution in [2.75, 3.05) is 0 Å². The van der Waals surface area contributed by atoms with Crippen molar-refractivity contribution in [2.24, 2.45) is 0 Å². The highest BCUT2D eigenvalue weighted by molar-refractivity contribution is 7.99. The molecule has 0 saturated heterocycles. The maximum atomic E-state index is 9.43. The summed E-state index contributed by atoms with van der Waals surface area (Å²) < 4.78 is 0. The molecule has 0 spiro atoms. The van der Waals surface area contributed by atoms with Gasteiger partial charge in [0.25, 0.3) is 0 Å². The van der Waals surface area contributed by atoms with Crippen LogP contribution in [-0.4, -0.2) is 10.2 Å². The van der Waals surface area contributed by atoms with Crippen LogP contribution in [0.1, 0.15) is 17.2 Å². The van der Waals surface area contributed by atoms with Gasteiger partial charge in [0.1, 0.15) is 10.9 Å². The molecule has 0 saturated carbocycles. The molecule has 2 aromatic carbocycles. The Kier molecular flexibility index (Phi) is 4.92. The summed E-state index contributed by atoms with van der Waals surface area (Å²) in [5, 5.41) is 19.4. The molecule has 0 fully saturated rings. The Bertz CT molecular complexity index is 812. The Hall–Kier alpha value is -2.35. The van der Waals surface area contributed by atoms with Crippen molar-refractivity contribution >= 4 is 23.4 Å². The fraction of sp³-hybridized carbons (Fsp3) is 0.0556. The second kappa shape index (κ2) is 7.28. The molecule has 112 valence electrons. The Morgan fingerprint density at radius 3 is 2.26 bits per heavy atom. The number of aromatic nitrogens is 2. The predicted molar refractivity (Wildman–Crippen MR) is 91.5 cm³/mol. The second-order valence-corrected chi connectivity index (χ2v) is 6.36. The van der Waals surface area contributed by atoms with Crippen molar-refractivity contribution in [3.8, 4) is 6.07 Å². The summed E-state index contributed by atoms with van der Waals surface area (Å²) in [7, 11) is 0. The summed E-state index contributed by atoms with van der Waals surface area (Å²) in [6, 6.07) is 23.2. The van der Waals surface area contributed by atoms with Crippen LogP contribution in [0.25, 0.3) is 0 Å². The summed E-state index contributed by atoms with van der Waals surface area (Å²) in [4.78, 5) is 1.04. The average Bonchev–Trinajstić information content (AvgIpc) is 2.60. The number of rotatable bonds is 4. The lowest BCUT2D eigenvalue weighted by Gasteiger charge is -2.08. The minimum atomic E-state index is -0.404. The van der Waals surface area contributed by atoms with Gasteiger partial charge in [-0.2, -0.15) is 10.4 Å². The summed E-state index contributed by atoms with van der Waals surface area (Å²) >= 11 is 7.38. The van der Waals surface area contributed by atoms with E-state index in [2.05, 4.69) is 16.3 Å². The van der Waals surface area contributed by atoms with Crippen LogP contribution in [-0.2, 0) is 0 Å². The normalized spacial score (nSPS) is 11.7. The van der Waals surface area contributed by atoms with Crippen LogP contribution in [0.15, 0.2) is 76.7 Å². The van der Waals surface area contributed by atoms with Gasteiger partial charge in [-0.25, -0.2) is 0 Å². The van der Waals surface area contributed by atoms with E-state index in [9.17, 15) is 5.26 Å². The molecule has 3 rings (SSSR count). The summed E-state index contributed by atoms with van der Waals surface area (Å²) in [5.41, 5.74) is 1.57. The lowest BCUT2D eigenvalue weighted by molar-refractivity contribution is 0.837. The molecule has 23 heavy (non-hydrogen) atoms. The molecule has 5 heteroatoms. The van der Waals surface area contributed by atoms with E-state index < -0.39 is 5.92 Å². The Balaban J connectivity index is 1.79. The number of benzene rings is 2. The van der Waals surface area contributed by atoms with Crippen molar-refractivity contribution in [1.29, 1.82) is 5.26 Å². The number of hydrogen-bond acceptors (Lipinski definition) is 4. The zero-order valence-corrected chi connectivity index (χ0v) is 13.6. The smallest absolute Gasteiger partial charge is 0.124 e. The first-order valence-corrected chi connectivity index (χ1v) is 8.17. The lowest BCUT2D eigenvalue weighted by Crippen LogP contribution is -2.02. The van der Waals surface area contributed by atoms with Crippen molar-refractivity contribution in [3.05, 3.63) is 83.0 Å². The zero-order valence-electron chi connectivity index (χ0n) is 12.1. The monoisotopic (exact) mass is 337 g/mol. The van der Waals surface area contributed by atoms with E-state index in [0.29, 0.717) is 10.7 Å². The van der Waals surface area contributed by atoms with Gasteiger partial charge in [0.05, 0.1) is 11.8 Å². The van der Waals surface area contributed by atoms with Crippen molar-refractivity contribution in [3.63, 3.8) is 0 Å². The van der Waals surface area contributed by atoms with E-state index >= 15 is 0 Å². The molecule has 0 N–H and O–H groups in total. The molecular weight excluding hydrogens is 326 g/mol. The molecule has 0 radical (unpaired) electrons. The molecular formula is C18H12ClN3S. The Labute approximate surface area is 144 Å². The minimum Gasteiger partial charge on any atom is -0.197 e. The van der Waals surface area contributed by atoms with E-state index in [-0.39, 0.29) is 0 Å². The van der Waals surface area contributed by atoms with Crippen molar-refractivity contribution in [2.45, 2.75) is 15.8 Å². The molecule has 0 bridgehead atoms. The molecule has 0 aliphatic heterocycles. The molecule has 0 aliphatic rings. The van der Waals surface area contributed by atoms with Gasteiger partial charge >= 0.3 is 0 Å². The lowest BCUT2D eigenvalue weighted by atomic mass is 9.97. The van der Waals surface area contributed by atoms with Gasteiger partial charge in [-0.1, -0.05) is 53.7 Å². The van der Waals surface area contributed by atoms with Gasteiger partial charge in [-0.05, 0) is 42.0 Å². The van der Waals surface area contributed by atoms with E-state index in [1.165, 1.54) is 11.8 Å². The average molecular weight is 338 g/mol. The first kappa shape index (κ1) is 15.5. The summed E-state index contributed by atoms with van der Waals surface area (Å²) in [6.45, 7) is 0. The van der Waals surface area contributed by atoms with Crippen LogP contribution in [0.4, 0.5) is 0 Å². The van der Waals surface area contributed by atoms with Gasteiger partial charge in [-0.3, -0.25) is 0 Å². The third-order valence-electron chi connectivity index (χ3n) is 3.25. The number of nitriles is 1. The molecule has 3 aromatic rings. The molecule has 1 atom stereocenters. The molecule has 1 aromatic heterocycles. The van der Waals surface area contributed by atoms with Crippen LogP contribution in [0.5, 0.6) is 0 Å². The highest BCUT2D eigenvalue weighted by atomic mass is 35.5. The standard InChI is InChI=1S/C18H12ClN3S/c19-14-6-8-15(9-7-14)23-18-11-10-17(21-22-18)16(12-20)13-4-2-1-3-5-13/h1-11,16H/t16-/m0/s1. The van der Waals surface area contributed by atoms with Gasteiger partial charge < -0.3 is 0 Å². The SMILES string of the molecule is N#C[C@@H](c1ccccc1)c1ccc(Sc2ccc(Cl)cc2)nn1. The van der Waals surface area contributed by atoms with Crippen LogP contribution in [0.3, 0.4) is 0 Å². The van der Waals surface area contributed by atoms with E-state index in [0.717, 1.165) is 15.5 Å². The van der Waals surface area contributed by atoms with E-state index in [4.69, 9.17) is 11.6 Å². The largest absolute Gasteiger partial charge is 0.197 e.